The number of benzene rings is 3. The van der Waals surface area contributed by atoms with Crippen molar-refractivity contribution in [1.29, 1.82) is 0 Å². The topological polar surface area (TPSA) is 73.2 Å². The van der Waals surface area contributed by atoms with Crippen molar-refractivity contribution in [3.8, 4) is 34.0 Å². The van der Waals surface area contributed by atoms with E-state index in [1.807, 2.05) is 42.5 Å². The fraction of sp³-hybridized carbons (Fsp3) is 0.233. The fourth-order valence-corrected chi connectivity index (χ4v) is 4.93. The third-order valence-electron chi connectivity index (χ3n) is 6.73. The second kappa shape index (κ2) is 11.0. The summed E-state index contributed by atoms with van der Waals surface area (Å²) >= 11 is 6.17. The van der Waals surface area contributed by atoms with Gasteiger partial charge in [-0.2, -0.15) is 0 Å². The van der Waals surface area contributed by atoms with E-state index in [4.69, 9.17) is 21.3 Å². The number of hydrogen-bond donors (Lipinski definition) is 1. The van der Waals surface area contributed by atoms with Gasteiger partial charge in [0.2, 0.25) is 0 Å². The van der Waals surface area contributed by atoms with Gasteiger partial charge in [0.05, 0.1) is 7.11 Å². The lowest BCUT2D eigenvalue weighted by atomic mass is 9.95. The molecule has 0 spiro atoms. The van der Waals surface area contributed by atoms with E-state index < -0.39 is 0 Å². The van der Waals surface area contributed by atoms with Crippen LogP contribution in [0, 0.1) is 0 Å². The molecule has 1 aromatic heterocycles. The van der Waals surface area contributed by atoms with Crippen LogP contribution in [0.4, 0.5) is 0 Å². The average molecular weight is 514 g/mol. The molecule has 1 heterocycles. The summed E-state index contributed by atoms with van der Waals surface area (Å²) in [5.41, 5.74) is 2.41. The molecule has 0 bridgehead atoms. The number of carbonyl (C=O) groups excluding carboxylic acids is 1. The highest BCUT2D eigenvalue weighted by molar-refractivity contribution is 6.30. The number of carbonyl (C=O) groups is 1. The van der Waals surface area contributed by atoms with Gasteiger partial charge in [0.15, 0.2) is 0 Å². The SMILES string of the molecule is COc1ccc(-n2c(C(=O)NC3CCCCC3)c(-c3ccc(Cl)cc3)nc(-c3ccccc3)c2=O)cc1. The third-order valence-corrected chi connectivity index (χ3v) is 6.98. The molecule has 5 rings (SSSR count). The second-order valence-electron chi connectivity index (χ2n) is 9.18. The van der Waals surface area contributed by atoms with Crippen molar-refractivity contribution in [2.24, 2.45) is 0 Å². The van der Waals surface area contributed by atoms with Gasteiger partial charge >= 0.3 is 0 Å². The number of nitrogens with zero attached hydrogens (tertiary/aromatic N) is 2. The summed E-state index contributed by atoms with van der Waals surface area (Å²) in [7, 11) is 1.59. The van der Waals surface area contributed by atoms with Gasteiger partial charge < -0.3 is 10.1 Å². The predicted octanol–water partition coefficient (Wildman–Crippen LogP) is 6.29. The van der Waals surface area contributed by atoms with Gasteiger partial charge in [-0.25, -0.2) is 4.98 Å². The summed E-state index contributed by atoms with van der Waals surface area (Å²) in [5, 5.41) is 3.76. The number of ether oxygens (including phenoxy) is 1. The van der Waals surface area contributed by atoms with E-state index in [2.05, 4.69) is 5.32 Å². The number of hydrogen-bond acceptors (Lipinski definition) is 4. The maximum Gasteiger partial charge on any atom is 0.282 e. The summed E-state index contributed by atoms with van der Waals surface area (Å²) in [6, 6.07) is 23.6. The van der Waals surface area contributed by atoms with Gasteiger partial charge in [0.25, 0.3) is 11.5 Å². The van der Waals surface area contributed by atoms with Crippen LogP contribution in [0.3, 0.4) is 0 Å². The minimum Gasteiger partial charge on any atom is -0.497 e. The number of halogens is 1. The van der Waals surface area contributed by atoms with E-state index in [-0.39, 0.29) is 28.9 Å². The highest BCUT2D eigenvalue weighted by Crippen LogP contribution is 2.28. The Morgan fingerprint density at radius 2 is 1.54 bits per heavy atom. The molecule has 37 heavy (non-hydrogen) atoms. The first-order valence-corrected chi connectivity index (χ1v) is 12.9. The van der Waals surface area contributed by atoms with Crippen molar-refractivity contribution in [3.63, 3.8) is 0 Å². The van der Waals surface area contributed by atoms with Gasteiger partial charge in [-0.1, -0.05) is 73.3 Å². The van der Waals surface area contributed by atoms with Gasteiger partial charge in [0, 0.05) is 27.9 Å². The highest BCUT2D eigenvalue weighted by atomic mass is 35.5. The monoisotopic (exact) mass is 513 g/mol. The number of amides is 1. The van der Waals surface area contributed by atoms with Crippen molar-refractivity contribution < 1.29 is 9.53 Å². The van der Waals surface area contributed by atoms with Crippen molar-refractivity contribution in [2.45, 2.75) is 38.1 Å². The molecule has 1 N–H and O–H groups in total. The van der Waals surface area contributed by atoms with Crippen LogP contribution in [0.15, 0.2) is 83.7 Å². The van der Waals surface area contributed by atoms with E-state index in [1.54, 1.807) is 43.5 Å². The van der Waals surface area contributed by atoms with E-state index >= 15 is 0 Å². The Bertz CT molecular complexity index is 1440. The molecule has 1 aliphatic carbocycles. The van der Waals surface area contributed by atoms with Gasteiger partial charge in [0.1, 0.15) is 22.8 Å². The van der Waals surface area contributed by atoms with E-state index in [9.17, 15) is 9.59 Å². The van der Waals surface area contributed by atoms with Crippen LogP contribution in [0.1, 0.15) is 42.6 Å². The number of rotatable bonds is 6. The van der Waals surface area contributed by atoms with Crippen LogP contribution < -0.4 is 15.6 Å². The minimum atomic E-state index is -0.372. The van der Waals surface area contributed by atoms with E-state index in [0.717, 1.165) is 25.7 Å². The summed E-state index contributed by atoms with van der Waals surface area (Å²) in [5.74, 6) is 0.331. The number of aromatic nitrogens is 2. The van der Waals surface area contributed by atoms with Gasteiger partial charge in [-0.15, -0.1) is 0 Å². The molecule has 0 unspecified atom stereocenters. The van der Waals surface area contributed by atoms with Gasteiger partial charge in [-0.3, -0.25) is 14.2 Å². The second-order valence-corrected chi connectivity index (χ2v) is 9.61. The molecule has 0 saturated heterocycles. The zero-order chi connectivity index (χ0) is 25.8. The Morgan fingerprint density at radius 3 is 2.19 bits per heavy atom. The summed E-state index contributed by atoms with van der Waals surface area (Å²) in [6.07, 6.45) is 5.16. The molecule has 1 amide bonds. The maximum atomic E-state index is 14.0. The summed E-state index contributed by atoms with van der Waals surface area (Å²) in [6.45, 7) is 0. The van der Waals surface area contributed by atoms with Crippen LogP contribution in [0.5, 0.6) is 5.75 Å². The van der Waals surface area contributed by atoms with Crippen LogP contribution in [-0.4, -0.2) is 28.6 Å². The van der Waals surface area contributed by atoms with Crippen LogP contribution in [0.2, 0.25) is 5.02 Å². The largest absolute Gasteiger partial charge is 0.497 e. The molecule has 1 aliphatic rings. The molecule has 0 aliphatic heterocycles. The van der Waals surface area contributed by atoms with E-state index in [0.29, 0.717) is 33.3 Å². The lowest BCUT2D eigenvalue weighted by Crippen LogP contribution is -2.40. The average Bonchev–Trinajstić information content (AvgIpc) is 2.94. The molecular formula is C30H28ClN3O3. The fourth-order valence-electron chi connectivity index (χ4n) is 4.81. The maximum absolute atomic E-state index is 14.0. The lowest BCUT2D eigenvalue weighted by Gasteiger charge is -2.25. The molecule has 1 fully saturated rings. The van der Waals surface area contributed by atoms with Crippen molar-refractivity contribution >= 4 is 17.5 Å². The van der Waals surface area contributed by atoms with Crippen molar-refractivity contribution in [3.05, 3.63) is 99.9 Å². The van der Waals surface area contributed by atoms with Crippen molar-refractivity contribution in [1.82, 2.24) is 14.9 Å². The molecule has 4 aromatic rings. The standard InChI is InChI=1S/C30H28ClN3O3/c1-37-25-18-16-24(17-19-25)34-28(29(35)32-23-10-6-3-7-11-23)26(21-12-14-22(31)15-13-21)33-27(30(34)36)20-8-4-2-5-9-20/h2,4-5,8-9,12-19,23H,3,6-7,10-11H2,1H3,(H,32,35). The molecular weight excluding hydrogens is 486 g/mol. The Hall–Kier alpha value is -3.90. The molecule has 3 aromatic carbocycles. The predicted molar refractivity (Wildman–Crippen MR) is 147 cm³/mol. The number of methoxy groups -OCH3 is 1. The Balaban J connectivity index is 1.78. The van der Waals surface area contributed by atoms with Crippen LogP contribution >= 0.6 is 11.6 Å². The molecule has 6 nitrogen and oxygen atoms in total. The summed E-state index contributed by atoms with van der Waals surface area (Å²) < 4.78 is 6.79. The van der Waals surface area contributed by atoms with Gasteiger partial charge in [-0.05, 0) is 49.2 Å². The zero-order valence-electron chi connectivity index (χ0n) is 20.6. The molecule has 0 radical (unpaired) electrons. The van der Waals surface area contributed by atoms with E-state index in [1.165, 1.54) is 11.0 Å². The van der Waals surface area contributed by atoms with Crippen LogP contribution in [-0.2, 0) is 0 Å². The summed E-state index contributed by atoms with van der Waals surface area (Å²) in [4.78, 5) is 32.8. The highest BCUT2D eigenvalue weighted by Gasteiger charge is 2.27. The van der Waals surface area contributed by atoms with Crippen LogP contribution in [0.25, 0.3) is 28.2 Å². The first kappa shape index (κ1) is 24.8. The molecule has 7 heteroatoms. The Kier molecular flexibility index (Phi) is 7.37. The Labute approximate surface area is 220 Å². The quantitative estimate of drug-likeness (QED) is 0.329. The minimum absolute atomic E-state index is 0.0625. The first-order valence-electron chi connectivity index (χ1n) is 12.5. The molecule has 0 atom stereocenters. The van der Waals surface area contributed by atoms with Crippen molar-refractivity contribution in [2.75, 3.05) is 7.11 Å². The third kappa shape index (κ3) is 5.30. The number of nitrogens with one attached hydrogen (secondary N) is 1. The smallest absolute Gasteiger partial charge is 0.282 e. The zero-order valence-corrected chi connectivity index (χ0v) is 21.4. The Morgan fingerprint density at radius 1 is 0.892 bits per heavy atom. The molecule has 188 valence electrons. The first-order chi connectivity index (χ1) is 18.0. The normalized spacial score (nSPS) is 13.8. The molecule has 1 saturated carbocycles. The lowest BCUT2D eigenvalue weighted by molar-refractivity contribution is 0.0920.